The minimum absolute atomic E-state index is 0.0552. The van der Waals surface area contributed by atoms with E-state index in [0.29, 0.717) is 17.3 Å². The Kier molecular flexibility index (Phi) is 5.91. The molecule has 0 radical (unpaired) electrons. The van der Waals surface area contributed by atoms with Crippen LogP contribution in [0.25, 0.3) is 0 Å². The summed E-state index contributed by atoms with van der Waals surface area (Å²) in [7, 11) is 3.82. The maximum atomic E-state index is 11.4. The van der Waals surface area contributed by atoms with Crippen molar-refractivity contribution in [2.75, 3.05) is 27.2 Å². The van der Waals surface area contributed by atoms with Gasteiger partial charge in [0.1, 0.15) is 6.10 Å². The summed E-state index contributed by atoms with van der Waals surface area (Å²) in [6, 6.07) is 3.50. The van der Waals surface area contributed by atoms with Crippen molar-refractivity contribution in [3.8, 4) is 0 Å². The van der Waals surface area contributed by atoms with Gasteiger partial charge in [0, 0.05) is 24.4 Å². The van der Waals surface area contributed by atoms with E-state index in [-0.39, 0.29) is 12.5 Å². The summed E-state index contributed by atoms with van der Waals surface area (Å²) in [6.07, 6.45) is -0.249. The molecule has 0 saturated carbocycles. The molecule has 0 spiro atoms. The monoisotopic (exact) mass is 276 g/mol. The van der Waals surface area contributed by atoms with Crippen LogP contribution in [-0.4, -0.2) is 43.1 Å². The molecule has 17 heavy (non-hydrogen) atoms. The van der Waals surface area contributed by atoms with Gasteiger partial charge in [0.2, 0.25) is 5.91 Å². The molecule has 1 amide bonds. The lowest BCUT2D eigenvalue weighted by atomic mass is 10.3. The zero-order chi connectivity index (χ0) is 12.8. The Balaban J connectivity index is 2.28. The van der Waals surface area contributed by atoms with Crippen molar-refractivity contribution in [2.45, 2.75) is 12.5 Å². The average Bonchev–Trinajstić information content (AvgIpc) is 2.70. The van der Waals surface area contributed by atoms with Crippen LogP contribution in [-0.2, 0) is 4.79 Å². The summed E-state index contributed by atoms with van der Waals surface area (Å²) in [5, 5.41) is 12.5. The normalized spacial score (nSPS) is 12.8. The lowest BCUT2D eigenvalue weighted by molar-refractivity contribution is -0.121. The van der Waals surface area contributed by atoms with E-state index >= 15 is 0 Å². The summed E-state index contributed by atoms with van der Waals surface area (Å²) in [5.74, 6) is -0.0552. The van der Waals surface area contributed by atoms with Crippen molar-refractivity contribution < 1.29 is 9.90 Å². The minimum atomic E-state index is -0.684. The van der Waals surface area contributed by atoms with Crippen LogP contribution in [0.5, 0.6) is 0 Å². The maximum Gasteiger partial charge on any atom is 0.221 e. The first-order valence-corrected chi connectivity index (χ1v) is 6.53. The Morgan fingerprint density at radius 2 is 2.29 bits per heavy atom. The SMILES string of the molecule is CN(C)CCC(=O)NCC(O)c1ccc(Cl)s1. The van der Waals surface area contributed by atoms with Gasteiger partial charge in [0.15, 0.2) is 0 Å². The van der Waals surface area contributed by atoms with Gasteiger partial charge >= 0.3 is 0 Å². The number of carbonyl (C=O) groups is 1. The number of rotatable bonds is 6. The van der Waals surface area contributed by atoms with Crippen LogP contribution in [0.15, 0.2) is 12.1 Å². The highest BCUT2D eigenvalue weighted by molar-refractivity contribution is 7.16. The van der Waals surface area contributed by atoms with Crippen molar-refractivity contribution >= 4 is 28.8 Å². The number of hydrogen-bond acceptors (Lipinski definition) is 4. The summed E-state index contributed by atoms with van der Waals surface area (Å²) in [6.45, 7) is 0.926. The predicted octanol–water partition coefficient (Wildman–Crippen LogP) is 1.50. The lowest BCUT2D eigenvalue weighted by Crippen LogP contribution is -2.30. The second-order valence-corrected chi connectivity index (χ2v) is 5.76. The number of amides is 1. The maximum absolute atomic E-state index is 11.4. The predicted molar refractivity (Wildman–Crippen MR) is 70.5 cm³/mol. The molecular formula is C11H17ClN2O2S. The Bertz CT molecular complexity index is 368. The molecule has 1 unspecified atom stereocenters. The van der Waals surface area contributed by atoms with Crippen LogP contribution < -0.4 is 5.32 Å². The third kappa shape index (κ3) is 5.50. The Morgan fingerprint density at radius 1 is 1.59 bits per heavy atom. The van der Waals surface area contributed by atoms with Gasteiger partial charge in [-0.25, -0.2) is 0 Å². The fourth-order valence-electron chi connectivity index (χ4n) is 1.23. The summed E-state index contributed by atoms with van der Waals surface area (Å²) >= 11 is 7.09. The van der Waals surface area contributed by atoms with E-state index in [1.54, 1.807) is 12.1 Å². The van der Waals surface area contributed by atoms with E-state index in [1.165, 1.54) is 11.3 Å². The summed E-state index contributed by atoms with van der Waals surface area (Å²) in [5.41, 5.74) is 0. The number of carbonyl (C=O) groups excluding carboxylic acids is 1. The minimum Gasteiger partial charge on any atom is -0.386 e. The Morgan fingerprint density at radius 3 is 2.82 bits per heavy atom. The highest BCUT2D eigenvalue weighted by atomic mass is 35.5. The zero-order valence-electron chi connectivity index (χ0n) is 9.94. The first kappa shape index (κ1) is 14.4. The number of aliphatic hydroxyl groups is 1. The summed E-state index contributed by atoms with van der Waals surface area (Å²) < 4.78 is 0.637. The van der Waals surface area contributed by atoms with Gasteiger partial charge in [0.25, 0.3) is 0 Å². The van der Waals surface area contributed by atoms with Gasteiger partial charge in [0.05, 0.1) is 4.34 Å². The van der Waals surface area contributed by atoms with Crippen molar-refractivity contribution in [3.05, 3.63) is 21.3 Å². The topological polar surface area (TPSA) is 52.6 Å². The Hall–Kier alpha value is -0.620. The van der Waals surface area contributed by atoms with Crippen molar-refractivity contribution in [3.63, 3.8) is 0 Å². The molecule has 0 saturated heterocycles. The molecule has 0 aromatic carbocycles. The van der Waals surface area contributed by atoms with Crippen molar-refractivity contribution in [1.29, 1.82) is 0 Å². The van der Waals surface area contributed by atoms with E-state index < -0.39 is 6.10 Å². The van der Waals surface area contributed by atoms with Gasteiger partial charge in [-0.05, 0) is 26.2 Å². The molecule has 1 aromatic heterocycles. The fraction of sp³-hybridized carbons (Fsp3) is 0.545. The molecule has 6 heteroatoms. The molecule has 0 bridgehead atoms. The van der Waals surface area contributed by atoms with Gasteiger partial charge in [-0.15, -0.1) is 11.3 Å². The van der Waals surface area contributed by atoms with Crippen molar-refractivity contribution in [1.82, 2.24) is 10.2 Å². The smallest absolute Gasteiger partial charge is 0.221 e. The van der Waals surface area contributed by atoms with Crippen LogP contribution in [0.4, 0.5) is 0 Å². The zero-order valence-corrected chi connectivity index (χ0v) is 11.5. The summed E-state index contributed by atoms with van der Waals surface area (Å²) in [4.78, 5) is 14.1. The molecule has 0 fully saturated rings. The van der Waals surface area contributed by atoms with Crippen LogP contribution in [0, 0.1) is 0 Å². The fourth-order valence-corrected chi connectivity index (χ4v) is 2.28. The van der Waals surface area contributed by atoms with Crippen LogP contribution in [0.3, 0.4) is 0 Å². The van der Waals surface area contributed by atoms with E-state index in [9.17, 15) is 9.90 Å². The molecule has 96 valence electrons. The lowest BCUT2D eigenvalue weighted by Gasteiger charge is -2.12. The highest BCUT2D eigenvalue weighted by Crippen LogP contribution is 2.26. The average molecular weight is 277 g/mol. The van der Waals surface area contributed by atoms with Gasteiger partial charge < -0.3 is 15.3 Å². The first-order chi connectivity index (χ1) is 7.99. The quantitative estimate of drug-likeness (QED) is 0.828. The third-order valence-electron chi connectivity index (χ3n) is 2.20. The molecule has 0 aliphatic heterocycles. The first-order valence-electron chi connectivity index (χ1n) is 5.33. The van der Waals surface area contributed by atoms with E-state index in [2.05, 4.69) is 5.32 Å². The van der Waals surface area contributed by atoms with E-state index in [1.807, 2.05) is 19.0 Å². The molecule has 1 aromatic rings. The van der Waals surface area contributed by atoms with Crippen LogP contribution in [0.1, 0.15) is 17.4 Å². The number of halogens is 1. The molecule has 4 nitrogen and oxygen atoms in total. The van der Waals surface area contributed by atoms with Crippen LogP contribution in [0.2, 0.25) is 4.34 Å². The van der Waals surface area contributed by atoms with E-state index in [4.69, 9.17) is 11.6 Å². The largest absolute Gasteiger partial charge is 0.386 e. The van der Waals surface area contributed by atoms with E-state index in [0.717, 1.165) is 4.88 Å². The highest BCUT2D eigenvalue weighted by Gasteiger charge is 2.11. The second-order valence-electron chi connectivity index (χ2n) is 4.02. The molecule has 1 heterocycles. The number of nitrogens with zero attached hydrogens (tertiary/aromatic N) is 1. The van der Waals surface area contributed by atoms with Crippen molar-refractivity contribution in [2.24, 2.45) is 0 Å². The molecule has 0 aliphatic carbocycles. The Labute approximate surface area is 110 Å². The number of nitrogens with one attached hydrogen (secondary N) is 1. The van der Waals surface area contributed by atoms with Gasteiger partial charge in [-0.1, -0.05) is 11.6 Å². The third-order valence-corrected chi connectivity index (χ3v) is 3.53. The molecular weight excluding hydrogens is 260 g/mol. The van der Waals surface area contributed by atoms with Gasteiger partial charge in [-0.2, -0.15) is 0 Å². The molecule has 2 N–H and O–H groups in total. The second kappa shape index (κ2) is 6.96. The number of thiophene rings is 1. The standard InChI is InChI=1S/C11H17ClN2O2S/c1-14(2)6-5-11(16)13-7-8(15)9-3-4-10(12)17-9/h3-4,8,15H,5-7H2,1-2H3,(H,13,16). The number of hydrogen-bond donors (Lipinski definition) is 2. The molecule has 0 aliphatic rings. The molecule has 1 atom stereocenters. The molecule has 1 rings (SSSR count). The number of aliphatic hydroxyl groups excluding tert-OH is 1. The van der Waals surface area contributed by atoms with Gasteiger partial charge in [-0.3, -0.25) is 4.79 Å². The van der Waals surface area contributed by atoms with Crippen LogP contribution >= 0.6 is 22.9 Å².